The standard InChI is InChI=1S/C7H6Br2O2S/c1-11-7(10)6(9)4-2-3-5(8)12-4/h2-3,6H,1H3. The summed E-state index contributed by atoms with van der Waals surface area (Å²) in [7, 11) is 1.37. The second-order valence-corrected chi connectivity index (χ2v) is 5.44. The summed E-state index contributed by atoms with van der Waals surface area (Å²) >= 11 is 8.07. The van der Waals surface area contributed by atoms with Gasteiger partial charge in [-0.05, 0) is 28.1 Å². The van der Waals surface area contributed by atoms with Crippen molar-refractivity contribution in [3.05, 3.63) is 20.8 Å². The predicted octanol–water partition coefficient (Wildman–Crippen LogP) is 3.12. The van der Waals surface area contributed by atoms with Gasteiger partial charge in [0.05, 0.1) is 10.9 Å². The van der Waals surface area contributed by atoms with Gasteiger partial charge in [-0.2, -0.15) is 0 Å². The SMILES string of the molecule is COC(=O)C(Br)c1ccc(Br)s1. The Morgan fingerprint density at radius 3 is 2.75 bits per heavy atom. The molecule has 0 amide bonds. The van der Waals surface area contributed by atoms with Crippen molar-refractivity contribution in [2.45, 2.75) is 4.83 Å². The maximum atomic E-state index is 11.0. The Morgan fingerprint density at radius 1 is 1.67 bits per heavy atom. The van der Waals surface area contributed by atoms with Gasteiger partial charge in [-0.1, -0.05) is 15.9 Å². The number of ether oxygens (including phenoxy) is 1. The lowest BCUT2D eigenvalue weighted by molar-refractivity contribution is -0.139. The molecular weight excluding hydrogens is 308 g/mol. The molecule has 0 saturated carbocycles. The molecule has 0 aliphatic heterocycles. The molecule has 0 aliphatic rings. The van der Waals surface area contributed by atoms with E-state index >= 15 is 0 Å². The van der Waals surface area contributed by atoms with E-state index in [0.717, 1.165) is 8.66 Å². The first-order chi connectivity index (χ1) is 5.65. The Morgan fingerprint density at radius 2 is 2.33 bits per heavy atom. The van der Waals surface area contributed by atoms with E-state index in [9.17, 15) is 4.79 Å². The molecule has 66 valence electrons. The van der Waals surface area contributed by atoms with E-state index in [0.29, 0.717) is 0 Å². The van der Waals surface area contributed by atoms with Crippen molar-refractivity contribution in [3.63, 3.8) is 0 Å². The van der Waals surface area contributed by atoms with E-state index in [1.807, 2.05) is 12.1 Å². The van der Waals surface area contributed by atoms with E-state index in [2.05, 4.69) is 36.6 Å². The number of hydrogen-bond acceptors (Lipinski definition) is 3. The minimum absolute atomic E-state index is 0.274. The summed E-state index contributed by atoms with van der Waals surface area (Å²) in [6.45, 7) is 0. The van der Waals surface area contributed by atoms with Gasteiger partial charge in [0.15, 0.2) is 0 Å². The molecule has 1 heterocycles. The highest BCUT2D eigenvalue weighted by Gasteiger charge is 2.18. The zero-order valence-electron chi connectivity index (χ0n) is 6.21. The van der Waals surface area contributed by atoms with Crippen LogP contribution >= 0.6 is 43.2 Å². The van der Waals surface area contributed by atoms with Crippen LogP contribution < -0.4 is 0 Å². The lowest BCUT2D eigenvalue weighted by Crippen LogP contribution is -2.06. The summed E-state index contributed by atoms with van der Waals surface area (Å²) in [6.07, 6.45) is 0. The molecule has 0 radical (unpaired) electrons. The number of carbonyl (C=O) groups excluding carboxylic acids is 1. The van der Waals surface area contributed by atoms with Crippen LogP contribution in [-0.4, -0.2) is 13.1 Å². The number of carbonyl (C=O) groups is 1. The van der Waals surface area contributed by atoms with E-state index in [-0.39, 0.29) is 10.8 Å². The predicted molar refractivity (Wildman–Crippen MR) is 55.7 cm³/mol. The summed E-state index contributed by atoms with van der Waals surface area (Å²) in [5.74, 6) is -0.274. The number of alkyl halides is 1. The van der Waals surface area contributed by atoms with E-state index < -0.39 is 0 Å². The highest BCUT2D eigenvalue weighted by atomic mass is 79.9. The van der Waals surface area contributed by atoms with Crippen LogP contribution in [0.5, 0.6) is 0 Å². The van der Waals surface area contributed by atoms with Crippen LogP contribution in [0.1, 0.15) is 9.70 Å². The van der Waals surface area contributed by atoms with Crippen LogP contribution in [0.2, 0.25) is 0 Å². The summed E-state index contributed by atoms with van der Waals surface area (Å²) in [5.41, 5.74) is 0. The summed E-state index contributed by atoms with van der Waals surface area (Å²) in [5, 5.41) is 0. The quantitative estimate of drug-likeness (QED) is 0.619. The Bertz CT molecular complexity index is 285. The molecule has 0 aromatic carbocycles. The fourth-order valence-corrected chi connectivity index (χ4v) is 2.69. The maximum absolute atomic E-state index is 11.0. The highest BCUT2D eigenvalue weighted by molar-refractivity contribution is 9.11. The largest absolute Gasteiger partial charge is 0.468 e. The molecule has 0 bridgehead atoms. The van der Waals surface area contributed by atoms with Gasteiger partial charge in [-0.15, -0.1) is 11.3 Å². The molecule has 1 rings (SSSR count). The highest BCUT2D eigenvalue weighted by Crippen LogP contribution is 2.32. The number of rotatable bonds is 2. The Kier molecular flexibility index (Phi) is 3.74. The van der Waals surface area contributed by atoms with Crippen molar-refractivity contribution in [2.75, 3.05) is 7.11 Å². The second-order valence-electron chi connectivity index (χ2n) is 2.03. The van der Waals surface area contributed by atoms with E-state index in [1.54, 1.807) is 0 Å². The Labute approximate surface area is 91.2 Å². The smallest absolute Gasteiger partial charge is 0.324 e. The van der Waals surface area contributed by atoms with Crippen molar-refractivity contribution in [1.82, 2.24) is 0 Å². The monoisotopic (exact) mass is 312 g/mol. The van der Waals surface area contributed by atoms with Gasteiger partial charge in [0.2, 0.25) is 0 Å². The minimum atomic E-state index is -0.348. The molecule has 0 saturated heterocycles. The molecule has 0 spiro atoms. The summed E-state index contributed by atoms with van der Waals surface area (Å²) < 4.78 is 5.59. The van der Waals surface area contributed by atoms with Gasteiger partial charge >= 0.3 is 5.97 Å². The molecular formula is C7H6Br2O2S. The van der Waals surface area contributed by atoms with Crippen LogP contribution in [-0.2, 0) is 9.53 Å². The molecule has 0 N–H and O–H groups in total. The van der Waals surface area contributed by atoms with Crippen molar-refractivity contribution in [3.8, 4) is 0 Å². The number of thiophene rings is 1. The molecule has 1 atom stereocenters. The molecule has 2 nitrogen and oxygen atoms in total. The van der Waals surface area contributed by atoms with Crippen LogP contribution in [0.15, 0.2) is 15.9 Å². The van der Waals surface area contributed by atoms with Crippen LogP contribution in [0.25, 0.3) is 0 Å². The third-order valence-electron chi connectivity index (χ3n) is 1.25. The lowest BCUT2D eigenvalue weighted by Gasteiger charge is -2.03. The molecule has 0 fully saturated rings. The Balaban J connectivity index is 2.77. The zero-order chi connectivity index (χ0) is 9.14. The van der Waals surface area contributed by atoms with Crippen LogP contribution in [0.3, 0.4) is 0 Å². The van der Waals surface area contributed by atoms with Crippen molar-refractivity contribution < 1.29 is 9.53 Å². The lowest BCUT2D eigenvalue weighted by atomic mass is 10.3. The fraction of sp³-hybridized carbons (Fsp3) is 0.286. The normalized spacial score (nSPS) is 12.6. The average molecular weight is 314 g/mol. The second kappa shape index (κ2) is 4.39. The third kappa shape index (κ3) is 2.31. The first kappa shape index (κ1) is 10.2. The summed E-state index contributed by atoms with van der Waals surface area (Å²) in [6, 6.07) is 3.78. The number of esters is 1. The number of methoxy groups -OCH3 is 1. The zero-order valence-corrected chi connectivity index (χ0v) is 10.2. The van der Waals surface area contributed by atoms with Crippen LogP contribution in [0.4, 0.5) is 0 Å². The first-order valence-corrected chi connectivity index (χ1v) is 5.65. The molecule has 12 heavy (non-hydrogen) atoms. The van der Waals surface area contributed by atoms with E-state index in [1.165, 1.54) is 18.4 Å². The first-order valence-electron chi connectivity index (χ1n) is 3.12. The van der Waals surface area contributed by atoms with Gasteiger partial charge in [-0.25, -0.2) is 0 Å². The van der Waals surface area contributed by atoms with Gasteiger partial charge in [0, 0.05) is 4.88 Å². The maximum Gasteiger partial charge on any atom is 0.324 e. The minimum Gasteiger partial charge on any atom is -0.468 e. The van der Waals surface area contributed by atoms with E-state index in [4.69, 9.17) is 0 Å². The topological polar surface area (TPSA) is 26.3 Å². The molecule has 0 aliphatic carbocycles. The average Bonchev–Trinajstić information content (AvgIpc) is 2.49. The molecule has 1 unspecified atom stereocenters. The van der Waals surface area contributed by atoms with Gasteiger partial charge < -0.3 is 4.74 Å². The van der Waals surface area contributed by atoms with Crippen LogP contribution in [0, 0.1) is 0 Å². The summed E-state index contributed by atoms with van der Waals surface area (Å²) in [4.78, 5) is 11.6. The molecule has 5 heteroatoms. The molecule has 1 aromatic rings. The van der Waals surface area contributed by atoms with Gasteiger partial charge in [0.1, 0.15) is 4.83 Å². The number of halogens is 2. The third-order valence-corrected chi connectivity index (χ3v) is 4.11. The van der Waals surface area contributed by atoms with Crippen molar-refractivity contribution in [2.24, 2.45) is 0 Å². The van der Waals surface area contributed by atoms with Gasteiger partial charge in [-0.3, -0.25) is 4.79 Å². The fourth-order valence-electron chi connectivity index (χ4n) is 0.684. The Hall–Kier alpha value is 0.130. The van der Waals surface area contributed by atoms with Crippen molar-refractivity contribution in [1.29, 1.82) is 0 Å². The number of hydrogen-bond donors (Lipinski definition) is 0. The van der Waals surface area contributed by atoms with Crippen molar-refractivity contribution >= 4 is 49.2 Å². The van der Waals surface area contributed by atoms with Gasteiger partial charge in [0.25, 0.3) is 0 Å². The molecule has 1 aromatic heterocycles.